The molecular formula is C34H36F3NO5. The van der Waals surface area contributed by atoms with Crippen molar-refractivity contribution in [1.82, 2.24) is 5.48 Å². The molecule has 3 N–H and O–H groups in total. The molecule has 3 atom stereocenters. The summed E-state index contributed by atoms with van der Waals surface area (Å²) in [5.74, 6) is -0.985. The van der Waals surface area contributed by atoms with Gasteiger partial charge in [0.15, 0.2) is 0 Å². The highest BCUT2D eigenvalue weighted by Gasteiger charge is 2.38. The number of aliphatic hydroxyl groups is 1. The summed E-state index contributed by atoms with van der Waals surface area (Å²) in [7, 11) is 0. The SMILES string of the molecule is O=C(O)CCCC=CC[C@@H]1C(=CNOCc2ccc(C(F)(F)F)cc2)[C@H](O)C[C@@H]1OCc1ccc(-c2ccccc2)cc1. The van der Waals surface area contributed by atoms with Crippen LogP contribution in [0.1, 0.15) is 48.8 Å². The van der Waals surface area contributed by atoms with Gasteiger partial charge in [0.2, 0.25) is 0 Å². The van der Waals surface area contributed by atoms with E-state index >= 15 is 0 Å². The molecule has 0 heterocycles. The van der Waals surface area contributed by atoms with E-state index in [0.29, 0.717) is 43.4 Å². The molecule has 43 heavy (non-hydrogen) atoms. The number of hydrogen-bond donors (Lipinski definition) is 3. The zero-order valence-electron chi connectivity index (χ0n) is 23.7. The quantitative estimate of drug-likeness (QED) is 0.102. The first-order valence-corrected chi connectivity index (χ1v) is 14.2. The van der Waals surface area contributed by atoms with Gasteiger partial charge in [0.1, 0.15) is 0 Å². The predicted molar refractivity (Wildman–Crippen MR) is 157 cm³/mol. The first-order valence-electron chi connectivity index (χ1n) is 14.2. The Kier molecular flexibility index (Phi) is 11.6. The van der Waals surface area contributed by atoms with E-state index in [1.807, 2.05) is 42.5 Å². The third-order valence-corrected chi connectivity index (χ3v) is 7.39. The molecule has 0 radical (unpaired) electrons. The van der Waals surface area contributed by atoms with Crippen LogP contribution in [0.15, 0.2) is 103 Å². The maximum atomic E-state index is 12.8. The molecule has 0 unspecified atom stereocenters. The van der Waals surface area contributed by atoms with Gasteiger partial charge in [-0.3, -0.25) is 15.1 Å². The lowest BCUT2D eigenvalue weighted by Crippen LogP contribution is -2.20. The lowest BCUT2D eigenvalue weighted by molar-refractivity contribution is -0.138. The molecule has 3 aromatic rings. The first kappa shape index (κ1) is 32.0. The molecule has 0 saturated heterocycles. The molecule has 0 amide bonds. The maximum absolute atomic E-state index is 12.8. The summed E-state index contributed by atoms with van der Waals surface area (Å²) in [5.41, 5.74) is 6.52. The van der Waals surface area contributed by atoms with E-state index in [0.717, 1.165) is 28.8 Å². The van der Waals surface area contributed by atoms with Gasteiger partial charge in [-0.25, -0.2) is 0 Å². The van der Waals surface area contributed by atoms with Crippen LogP contribution < -0.4 is 5.48 Å². The van der Waals surface area contributed by atoms with Crippen LogP contribution in [0.3, 0.4) is 0 Å². The van der Waals surface area contributed by atoms with Crippen molar-refractivity contribution in [3.05, 3.63) is 119 Å². The molecule has 0 aromatic heterocycles. The summed E-state index contributed by atoms with van der Waals surface area (Å²) in [6, 6.07) is 23.0. The maximum Gasteiger partial charge on any atom is 0.416 e. The number of alkyl halides is 3. The summed E-state index contributed by atoms with van der Waals surface area (Å²) in [4.78, 5) is 16.2. The third-order valence-electron chi connectivity index (χ3n) is 7.39. The first-order chi connectivity index (χ1) is 20.7. The summed E-state index contributed by atoms with van der Waals surface area (Å²) in [6.07, 6.45) is 2.33. The molecule has 0 bridgehead atoms. The molecular weight excluding hydrogens is 559 g/mol. The smallest absolute Gasteiger partial charge is 0.416 e. The second-order valence-electron chi connectivity index (χ2n) is 10.5. The molecule has 1 aliphatic rings. The number of allylic oxidation sites excluding steroid dienone is 2. The van der Waals surface area contributed by atoms with Crippen LogP contribution in [-0.4, -0.2) is 28.4 Å². The fraction of sp³-hybridized carbons (Fsp3) is 0.324. The number of carboxylic acid groups (broad SMARTS) is 1. The Balaban J connectivity index is 1.37. The molecule has 9 heteroatoms. The molecule has 3 aromatic carbocycles. The molecule has 0 spiro atoms. The third kappa shape index (κ3) is 9.81. The standard InChI is InChI=1S/C34H36F3NO5/c35-34(36,37)28-18-14-25(15-19-28)23-43-38-21-30-29(10-6-1-2-7-11-33(40)41)32(20-31(30)39)42-22-24-12-16-27(17-13-24)26-8-4-3-5-9-26/h1,3-6,8-9,12-19,21,29,31-32,38-39H,2,7,10-11,20,22-23H2,(H,40,41)/t29-,31-,32+/m1/s1. The summed E-state index contributed by atoms with van der Waals surface area (Å²) in [5, 5.41) is 19.7. The van der Waals surface area contributed by atoms with E-state index in [1.54, 1.807) is 6.20 Å². The van der Waals surface area contributed by atoms with Crippen LogP contribution in [-0.2, 0) is 33.8 Å². The summed E-state index contributed by atoms with van der Waals surface area (Å²) in [6.45, 7) is 0.404. The van der Waals surface area contributed by atoms with Gasteiger partial charge in [0.25, 0.3) is 0 Å². The number of nitrogens with one attached hydrogen (secondary N) is 1. The minimum Gasteiger partial charge on any atom is -0.481 e. The van der Waals surface area contributed by atoms with E-state index in [9.17, 15) is 23.1 Å². The van der Waals surface area contributed by atoms with Crippen LogP contribution in [0.4, 0.5) is 13.2 Å². The van der Waals surface area contributed by atoms with Gasteiger partial charge in [-0.15, -0.1) is 0 Å². The Bertz CT molecular complexity index is 1360. The van der Waals surface area contributed by atoms with Gasteiger partial charge in [-0.1, -0.05) is 78.9 Å². The number of halogens is 3. The number of ether oxygens (including phenoxy) is 1. The van der Waals surface area contributed by atoms with Crippen LogP contribution in [0.25, 0.3) is 11.1 Å². The number of unbranched alkanes of at least 4 members (excludes halogenated alkanes) is 1. The van der Waals surface area contributed by atoms with Crippen molar-refractivity contribution in [3.63, 3.8) is 0 Å². The van der Waals surface area contributed by atoms with Gasteiger partial charge in [-0.05, 0) is 59.2 Å². The lowest BCUT2D eigenvalue weighted by Gasteiger charge is -2.20. The van der Waals surface area contributed by atoms with Gasteiger partial charge < -0.3 is 14.9 Å². The minimum absolute atomic E-state index is 0.0328. The molecule has 1 fully saturated rings. The lowest BCUT2D eigenvalue weighted by atomic mass is 9.96. The van der Waals surface area contributed by atoms with Crippen molar-refractivity contribution in [1.29, 1.82) is 0 Å². The largest absolute Gasteiger partial charge is 0.481 e. The Morgan fingerprint density at radius 2 is 1.56 bits per heavy atom. The molecule has 6 nitrogen and oxygen atoms in total. The van der Waals surface area contributed by atoms with E-state index in [2.05, 4.69) is 29.7 Å². The fourth-order valence-corrected chi connectivity index (χ4v) is 5.04. The van der Waals surface area contributed by atoms with Crippen molar-refractivity contribution < 1.29 is 37.8 Å². The van der Waals surface area contributed by atoms with Gasteiger partial charge >= 0.3 is 12.1 Å². The Morgan fingerprint density at radius 3 is 2.23 bits per heavy atom. The highest BCUT2D eigenvalue weighted by molar-refractivity contribution is 5.66. The zero-order chi connectivity index (χ0) is 30.7. The normalized spacial score (nSPS) is 19.7. The number of hydroxylamine groups is 1. The fourth-order valence-electron chi connectivity index (χ4n) is 5.04. The number of aliphatic hydroxyl groups excluding tert-OH is 1. The molecule has 228 valence electrons. The number of rotatable bonds is 14. The van der Waals surface area contributed by atoms with Crippen molar-refractivity contribution in [2.24, 2.45) is 5.92 Å². The highest BCUT2D eigenvalue weighted by Crippen LogP contribution is 2.37. The number of hydrogen-bond acceptors (Lipinski definition) is 5. The molecule has 0 aliphatic heterocycles. The van der Waals surface area contributed by atoms with Crippen LogP contribution in [0.5, 0.6) is 0 Å². The average Bonchev–Trinajstić information content (AvgIpc) is 3.29. The van der Waals surface area contributed by atoms with E-state index in [1.165, 1.54) is 12.1 Å². The van der Waals surface area contributed by atoms with E-state index in [4.69, 9.17) is 14.7 Å². The predicted octanol–water partition coefficient (Wildman–Crippen LogP) is 7.44. The van der Waals surface area contributed by atoms with E-state index < -0.39 is 23.8 Å². The monoisotopic (exact) mass is 595 g/mol. The zero-order valence-corrected chi connectivity index (χ0v) is 23.7. The Labute approximate surface area is 249 Å². The van der Waals surface area contributed by atoms with Crippen LogP contribution in [0, 0.1) is 5.92 Å². The van der Waals surface area contributed by atoms with Crippen molar-refractivity contribution in [2.45, 2.75) is 63.7 Å². The van der Waals surface area contributed by atoms with Gasteiger partial charge in [0.05, 0.1) is 31.0 Å². The number of carboxylic acids is 1. The topological polar surface area (TPSA) is 88.0 Å². The van der Waals surface area contributed by atoms with E-state index in [-0.39, 0.29) is 25.0 Å². The van der Waals surface area contributed by atoms with Crippen LogP contribution >= 0.6 is 0 Å². The second-order valence-corrected chi connectivity index (χ2v) is 10.5. The van der Waals surface area contributed by atoms with Crippen molar-refractivity contribution >= 4 is 5.97 Å². The Hall–Kier alpha value is -3.92. The van der Waals surface area contributed by atoms with Crippen molar-refractivity contribution in [3.8, 4) is 11.1 Å². The number of aliphatic carboxylic acids is 1. The average molecular weight is 596 g/mol. The van der Waals surface area contributed by atoms with Gasteiger partial charge in [0, 0.05) is 25.0 Å². The highest BCUT2D eigenvalue weighted by atomic mass is 19.4. The van der Waals surface area contributed by atoms with Gasteiger partial charge in [-0.2, -0.15) is 13.2 Å². The molecule has 1 saturated carbocycles. The van der Waals surface area contributed by atoms with Crippen molar-refractivity contribution in [2.75, 3.05) is 0 Å². The van der Waals surface area contributed by atoms with Crippen LogP contribution in [0.2, 0.25) is 0 Å². The molecule has 4 rings (SSSR count). The summed E-state index contributed by atoms with van der Waals surface area (Å²) < 4.78 is 44.7. The number of carbonyl (C=O) groups is 1. The Morgan fingerprint density at radius 1 is 0.907 bits per heavy atom. The second kappa shape index (κ2) is 15.5. The summed E-state index contributed by atoms with van der Waals surface area (Å²) >= 11 is 0. The molecule has 1 aliphatic carbocycles. The number of benzene rings is 3. The minimum atomic E-state index is -4.40.